The van der Waals surface area contributed by atoms with Gasteiger partial charge in [-0.3, -0.25) is 0 Å². The molecule has 11 rings (SSSR count). The molecule has 0 amide bonds. The Morgan fingerprint density at radius 2 is 1.00 bits per heavy atom. The molecular formula is C57H43NO. The number of hydrogen-bond acceptors (Lipinski definition) is 2. The topological polar surface area (TPSA) is 16.4 Å². The number of fused-ring (bicyclic) bond motifs is 8. The van der Waals surface area contributed by atoms with Crippen LogP contribution in [0.4, 0.5) is 17.1 Å². The number of nitrogens with zero attached hydrogens (tertiary/aromatic N) is 1. The predicted molar refractivity (Wildman–Crippen MR) is 249 cm³/mol. The van der Waals surface area contributed by atoms with Crippen LogP contribution in [-0.4, -0.2) is 0 Å². The second kappa shape index (κ2) is 13.5. The first-order chi connectivity index (χ1) is 28.8. The van der Waals surface area contributed by atoms with Crippen molar-refractivity contribution in [3.8, 4) is 44.5 Å². The third-order valence-electron chi connectivity index (χ3n) is 12.8. The highest BCUT2D eigenvalue weighted by Gasteiger charge is 2.38. The minimum Gasteiger partial charge on any atom is -0.456 e. The molecule has 10 aromatic rings. The molecule has 0 radical (unpaired) electrons. The first-order valence-electron chi connectivity index (χ1n) is 20.6. The monoisotopic (exact) mass is 757 g/mol. The first-order valence-corrected chi connectivity index (χ1v) is 20.6. The van der Waals surface area contributed by atoms with E-state index in [1.54, 1.807) is 0 Å². The van der Waals surface area contributed by atoms with Gasteiger partial charge in [0.15, 0.2) is 0 Å². The molecule has 0 unspecified atom stereocenters. The van der Waals surface area contributed by atoms with Gasteiger partial charge in [0.2, 0.25) is 0 Å². The standard InChI is InChI=1S/C57H43NO/c1-36-16-8-9-21-43(36)44-25-15-26-45(37(44)2)50-35-53-56(48-24-11-10-22-46(48)50)49-30-28-42(34-52(49)57(53,3)4)58(40-20-14-19-39(32-40)38-17-6-5-7-18-38)41-29-31-55-51(33-41)47-23-12-13-27-54(47)59-55/h5-35H,1-4H3. The van der Waals surface area contributed by atoms with Gasteiger partial charge in [-0.05, 0) is 146 Å². The fourth-order valence-electron chi connectivity index (χ4n) is 9.78. The fraction of sp³-hybridized carbons (Fsp3) is 0.0877. The molecule has 9 aromatic carbocycles. The zero-order valence-corrected chi connectivity index (χ0v) is 33.8. The Kier molecular flexibility index (Phi) is 8.00. The van der Waals surface area contributed by atoms with Crippen molar-refractivity contribution in [2.45, 2.75) is 33.1 Å². The molecule has 0 N–H and O–H groups in total. The summed E-state index contributed by atoms with van der Waals surface area (Å²) in [6.45, 7) is 9.30. The van der Waals surface area contributed by atoms with Gasteiger partial charge < -0.3 is 9.32 Å². The van der Waals surface area contributed by atoms with Crippen LogP contribution >= 0.6 is 0 Å². The largest absolute Gasteiger partial charge is 0.456 e. The van der Waals surface area contributed by atoms with E-state index in [-0.39, 0.29) is 5.41 Å². The Labute approximate surface area is 345 Å². The Hall–Kier alpha value is -7.16. The quantitative estimate of drug-likeness (QED) is 0.168. The molecule has 0 fully saturated rings. The molecule has 2 nitrogen and oxygen atoms in total. The van der Waals surface area contributed by atoms with E-state index in [9.17, 15) is 0 Å². The third kappa shape index (κ3) is 5.55. The highest BCUT2D eigenvalue weighted by Crippen LogP contribution is 2.55. The van der Waals surface area contributed by atoms with Crippen LogP contribution in [0.25, 0.3) is 77.2 Å². The summed E-state index contributed by atoms with van der Waals surface area (Å²) in [5.74, 6) is 0. The van der Waals surface area contributed by atoms with Crippen molar-refractivity contribution in [2.24, 2.45) is 0 Å². The summed E-state index contributed by atoms with van der Waals surface area (Å²) < 4.78 is 6.30. The second-order valence-electron chi connectivity index (χ2n) is 16.6. The van der Waals surface area contributed by atoms with Crippen molar-refractivity contribution < 1.29 is 4.42 Å². The summed E-state index contributed by atoms with van der Waals surface area (Å²) in [5.41, 5.74) is 20.3. The van der Waals surface area contributed by atoms with E-state index in [1.807, 2.05) is 12.1 Å². The number of aryl methyl sites for hydroxylation is 1. The lowest BCUT2D eigenvalue weighted by molar-refractivity contribution is 0.661. The number of anilines is 3. The maximum absolute atomic E-state index is 6.30. The number of benzene rings is 9. The van der Waals surface area contributed by atoms with E-state index >= 15 is 0 Å². The number of hydrogen-bond donors (Lipinski definition) is 0. The third-order valence-corrected chi connectivity index (χ3v) is 12.8. The van der Waals surface area contributed by atoms with Crippen molar-refractivity contribution in [3.63, 3.8) is 0 Å². The second-order valence-corrected chi connectivity index (χ2v) is 16.6. The zero-order chi connectivity index (χ0) is 39.8. The maximum atomic E-state index is 6.30. The molecule has 59 heavy (non-hydrogen) atoms. The summed E-state index contributed by atoms with van der Waals surface area (Å²) in [6, 6.07) is 68.7. The van der Waals surface area contributed by atoms with E-state index in [4.69, 9.17) is 4.42 Å². The van der Waals surface area contributed by atoms with Crippen molar-refractivity contribution >= 4 is 49.8 Å². The molecule has 2 heteroatoms. The van der Waals surface area contributed by atoms with Crippen LogP contribution in [0.5, 0.6) is 0 Å². The highest BCUT2D eigenvalue weighted by atomic mass is 16.3. The number of para-hydroxylation sites is 1. The van der Waals surface area contributed by atoms with Crippen molar-refractivity contribution in [1.29, 1.82) is 0 Å². The average molecular weight is 758 g/mol. The predicted octanol–water partition coefficient (Wildman–Crippen LogP) is 16.1. The maximum Gasteiger partial charge on any atom is 0.135 e. The van der Waals surface area contributed by atoms with Gasteiger partial charge in [0.1, 0.15) is 11.2 Å². The van der Waals surface area contributed by atoms with Gasteiger partial charge >= 0.3 is 0 Å². The van der Waals surface area contributed by atoms with Crippen molar-refractivity contribution in [2.75, 3.05) is 4.90 Å². The molecule has 1 aliphatic rings. The molecule has 0 saturated carbocycles. The summed E-state index contributed by atoms with van der Waals surface area (Å²) in [6.07, 6.45) is 0. The van der Waals surface area contributed by atoms with Gasteiger partial charge in [-0.2, -0.15) is 0 Å². The Balaban J connectivity index is 1.10. The van der Waals surface area contributed by atoms with Crippen LogP contribution in [0.15, 0.2) is 192 Å². The van der Waals surface area contributed by atoms with Crippen molar-refractivity contribution in [1.82, 2.24) is 0 Å². The smallest absolute Gasteiger partial charge is 0.135 e. The SMILES string of the molecule is Cc1ccccc1-c1cccc(-c2cc3c(c4ccccc24)-c2ccc(N(c4cccc(-c5ccccc5)c4)c4ccc5oc6ccccc6c5c4)cc2C3(C)C)c1C. The molecule has 1 aromatic heterocycles. The lowest BCUT2D eigenvalue weighted by atomic mass is 9.79. The van der Waals surface area contributed by atoms with E-state index in [0.29, 0.717) is 0 Å². The van der Waals surface area contributed by atoms with Gasteiger partial charge in [-0.25, -0.2) is 0 Å². The molecule has 0 aliphatic heterocycles. The Morgan fingerprint density at radius 3 is 1.83 bits per heavy atom. The molecule has 0 atom stereocenters. The highest BCUT2D eigenvalue weighted by molar-refractivity contribution is 6.10. The van der Waals surface area contributed by atoms with Crippen LogP contribution in [0, 0.1) is 13.8 Å². The molecule has 0 saturated heterocycles. The average Bonchev–Trinajstić information content (AvgIpc) is 3.75. The van der Waals surface area contributed by atoms with Gasteiger partial charge in [0, 0.05) is 33.2 Å². The summed E-state index contributed by atoms with van der Waals surface area (Å²) in [4.78, 5) is 2.41. The van der Waals surface area contributed by atoms with Crippen LogP contribution in [0.3, 0.4) is 0 Å². The molecule has 1 heterocycles. The van der Waals surface area contributed by atoms with E-state index in [2.05, 4.69) is 209 Å². The van der Waals surface area contributed by atoms with Crippen LogP contribution in [0.2, 0.25) is 0 Å². The van der Waals surface area contributed by atoms with Crippen LogP contribution in [-0.2, 0) is 5.41 Å². The van der Waals surface area contributed by atoms with E-state index < -0.39 is 0 Å². The number of furan rings is 1. The van der Waals surface area contributed by atoms with Gasteiger partial charge in [-0.1, -0.05) is 147 Å². The minimum absolute atomic E-state index is 0.261. The summed E-state index contributed by atoms with van der Waals surface area (Å²) in [5, 5.41) is 4.81. The lowest BCUT2D eigenvalue weighted by Crippen LogP contribution is -2.17. The number of rotatable bonds is 6. The van der Waals surface area contributed by atoms with Gasteiger partial charge in [0.05, 0.1) is 0 Å². The Bertz CT molecular complexity index is 3280. The van der Waals surface area contributed by atoms with E-state index in [0.717, 1.165) is 39.0 Å². The first kappa shape index (κ1) is 35.0. The Morgan fingerprint density at radius 1 is 0.390 bits per heavy atom. The summed E-state index contributed by atoms with van der Waals surface area (Å²) in [7, 11) is 0. The molecule has 1 aliphatic carbocycles. The molecular weight excluding hydrogens is 715 g/mol. The molecule has 0 bridgehead atoms. The van der Waals surface area contributed by atoms with Gasteiger partial charge in [-0.15, -0.1) is 0 Å². The molecule has 282 valence electrons. The fourth-order valence-corrected chi connectivity index (χ4v) is 9.78. The minimum atomic E-state index is -0.261. The van der Waals surface area contributed by atoms with Gasteiger partial charge in [0.25, 0.3) is 0 Å². The van der Waals surface area contributed by atoms with Crippen LogP contribution in [0.1, 0.15) is 36.1 Å². The normalized spacial score (nSPS) is 12.9. The zero-order valence-electron chi connectivity index (χ0n) is 33.8. The molecule has 0 spiro atoms. The van der Waals surface area contributed by atoms with Crippen molar-refractivity contribution in [3.05, 3.63) is 210 Å². The lowest BCUT2D eigenvalue weighted by Gasteiger charge is -2.28. The van der Waals surface area contributed by atoms with Crippen LogP contribution < -0.4 is 4.90 Å². The summed E-state index contributed by atoms with van der Waals surface area (Å²) >= 11 is 0. The van der Waals surface area contributed by atoms with E-state index in [1.165, 1.54) is 77.5 Å².